The molecule has 0 aliphatic heterocycles. The Bertz CT molecular complexity index is 1470. The molecular formula is C28H23N7O. The third-order valence-electron chi connectivity index (χ3n) is 5.59. The van der Waals surface area contributed by atoms with E-state index >= 15 is 0 Å². The van der Waals surface area contributed by atoms with Gasteiger partial charge in [0.25, 0.3) is 5.91 Å². The van der Waals surface area contributed by atoms with E-state index in [-0.39, 0.29) is 5.91 Å². The SMILES string of the molecule is Nc1ccc(-c2ccncc2)cc1NC(=O)c1ccc(CNc2nccc(-c3cccnc3)n2)cc1. The van der Waals surface area contributed by atoms with Gasteiger partial charge in [0, 0.05) is 48.7 Å². The summed E-state index contributed by atoms with van der Waals surface area (Å²) in [6.07, 6.45) is 8.65. The van der Waals surface area contributed by atoms with E-state index in [1.165, 1.54) is 0 Å². The monoisotopic (exact) mass is 473 g/mol. The van der Waals surface area contributed by atoms with Crippen LogP contribution in [0, 0.1) is 0 Å². The van der Waals surface area contributed by atoms with Crippen LogP contribution in [0.1, 0.15) is 15.9 Å². The first-order valence-corrected chi connectivity index (χ1v) is 11.3. The molecule has 176 valence electrons. The van der Waals surface area contributed by atoms with Crippen molar-refractivity contribution in [2.24, 2.45) is 0 Å². The number of hydrogen-bond donors (Lipinski definition) is 3. The summed E-state index contributed by atoms with van der Waals surface area (Å²) in [5, 5.41) is 6.14. The van der Waals surface area contributed by atoms with Crippen molar-refractivity contribution in [3.8, 4) is 22.4 Å². The van der Waals surface area contributed by atoms with Gasteiger partial charge in [-0.05, 0) is 71.3 Å². The number of nitrogens with one attached hydrogen (secondary N) is 2. The summed E-state index contributed by atoms with van der Waals surface area (Å²) in [6.45, 7) is 0.513. The summed E-state index contributed by atoms with van der Waals surface area (Å²) >= 11 is 0. The Morgan fingerprint density at radius 3 is 2.42 bits per heavy atom. The molecule has 0 fully saturated rings. The van der Waals surface area contributed by atoms with E-state index in [2.05, 4.69) is 30.6 Å². The number of carbonyl (C=O) groups excluding carboxylic acids is 1. The minimum absolute atomic E-state index is 0.236. The Balaban J connectivity index is 1.23. The molecule has 0 radical (unpaired) electrons. The molecule has 0 saturated heterocycles. The molecule has 0 saturated carbocycles. The van der Waals surface area contributed by atoms with E-state index in [4.69, 9.17) is 5.73 Å². The standard InChI is InChI=1S/C28H23N7O/c29-24-8-7-22(20-9-13-30-14-10-20)16-26(24)34-27(36)21-5-3-19(4-6-21)17-33-28-32-15-11-25(35-28)23-2-1-12-31-18-23/h1-16,18H,17,29H2,(H,34,36)(H,32,33,35). The smallest absolute Gasteiger partial charge is 0.255 e. The molecular weight excluding hydrogens is 450 g/mol. The fraction of sp³-hybridized carbons (Fsp3) is 0.0357. The van der Waals surface area contributed by atoms with Gasteiger partial charge in [0.15, 0.2) is 0 Å². The number of nitrogen functional groups attached to an aromatic ring is 1. The highest BCUT2D eigenvalue weighted by atomic mass is 16.1. The van der Waals surface area contributed by atoms with Crippen molar-refractivity contribution in [1.29, 1.82) is 0 Å². The highest BCUT2D eigenvalue weighted by Gasteiger charge is 2.10. The summed E-state index contributed by atoms with van der Waals surface area (Å²) in [5.74, 6) is 0.281. The minimum Gasteiger partial charge on any atom is -0.397 e. The second-order valence-electron chi connectivity index (χ2n) is 8.05. The number of benzene rings is 2. The first-order chi connectivity index (χ1) is 17.7. The number of aromatic nitrogens is 4. The maximum atomic E-state index is 12.9. The molecule has 5 rings (SSSR count). The zero-order valence-electron chi connectivity index (χ0n) is 19.3. The summed E-state index contributed by atoms with van der Waals surface area (Å²) in [4.78, 5) is 29.9. The normalized spacial score (nSPS) is 10.6. The summed E-state index contributed by atoms with van der Waals surface area (Å²) in [6, 6.07) is 22.4. The van der Waals surface area contributed by atoms with Crippen LogP contribution < -0.4 is 16.4 Å². The molecule has 0 unspecified atom stereocenters. The number of rotatable bonds is 7. The molecule has 8 heteroatoms. The van der Waals surface area contributed by atoms with Crippen molar-refractivity contribution >= 4 is 23.2 Å². The molecule has 0 aliphatic rings. The quantitative estimate of drug-likeness (QED) is 0.283. The van der Waals surface area contributed by atoms with Gasteiger partial charge in [-0.25, -0.2) is 9.97 Å². The topological polar surface area (TPSA) is 119 Å². The van der Waals surface area contributed by atoms with Gasteiger partial charge in [0.05, 0.1) is 17.1 Å². The zero-order valence-corrected chi connectivity index (χ0v) is 19.3. The lowest BCUT2D eigenvalue weighted by Crippen LogP contribution is -2.13. The Kier molecular flexibility index (Phi) is 6.57. The van der Waals surface area contributed by atoms with E-state index in [0.717, 1.165) is 27.9 Å². The lowest BCUT2D eigenvalue weighted by Gasteiger charge is -2.11. The Labute approximate surface area is 208 Å². The fourth-order valence-electron chi connectivity index (χ4n) is 3.66. The van der Waals surface area contributed by atoms with Crippen molar-refractivity contribution in [3.63, 3.8) is 0 Å². The molecule has 1 amide bonds. The predicted octanol–water partition coefficient (Wildman–Crippen LogP) is 5.05. The van der Waals surface area contributed by atoms with Gasteiger partial charge in [-0.15, -0.1) is 0 Å². The van der Waals surface area contributed by atoms with Crippen LogP contribution in [0.15, 0.2) is 104 Å². The van der Waals surface area contributed by atoms with E-state index in [1.807, 2.05) is 54.6 Å². The number of amides is 1. The average molecular weight is 474 g/mol. The first-order valence-electron chi connectivity index (χ1n) is 11.3. The van der Waals surface area contributed by atoms with Gasteiger partial charge >= 0.3 is 0 Å². The van der Waals surface area contributed by atoms with Gasteiger partial charge in [-0.3, -0.25) is 14.8 Å². The predicted molar refractivity (Wildman–Crippen MR) is 141 cm³/mol. The van der Waals surface area contributed by atoms with E-state index in [1.54, 1.807) is 49.2 Å². The van der Waals surface area contributed by atoms with Crippen LogP contribution in [0.2, 0.25) is 0 Å². The average Bonchev–Trinajstić information content (AvgIpc) is 2.94. The third-order valence-corrected chi connectivity index (χ3v) is 5.59. The zero-order chi connectivity index (χ0) is 24.7. The molecule has 0 bridgehead atoms. The van der Waals surface area contributed by atoms with E-state index in [0.29, 0.717) is 29.4 Å². The highest BCUT2D eigenvalue weighted by molar-refractivity contribution is 6.06. The Hall–Kier alpha value is -5.11. The van der Waals surface area contributed by atoms with Crippen molar-refractivity contribution in [2.45, 2.75) is 6.54 Å². The lowest BCUT2D eigenvalue weighted by molar-refractivity contribution is 0.102. The minimum atomic E-state index is -0.236. The van der Waals surface area contributed by atoms with Crippen molar-refractivity contribution in [3.05, 3.63) is 115 Å². The molecule has 4 N–H and O–H groups in total. The highest BCUT2D eigenvalue weighted by Crippen LogP contribution is 2.27. The lowest BCUT2D eigenvalue weighted by atomic mass is 10.1. The van der Waals surface area contributed by atoms with Crippen LogP contribution in [0.5, 0.6) is 0 Å². The van der Waals surface area contributed by atoms with Crippen LogP contribution >= 0.6 is 0 Å². The molecule has 8 nitrogen and oxygen atoms in total. The van der Waals surface area contributed by atoms with Crippen molar-refractivity contribution in [2.75, 3.05) is 16.4 Å². The number of nitrogens with zero attached hydrogens (tertiary/aromatic N) is 4. The molecule has 3 aromatic heterocycles. The van der Waals surface area contributed by atoms with Gasteiger partial charge in [-0.2, -0.15) is 0 Å². The summed E-state index contributed by atoms with van der Waals surface area (Å²) in [5.41, 5.74) is 12.3. The summed E-state index contributed by atoms with van der Waals surface area (Å²) in [7, 11) is 0. The number of carbonyl (C=O) groups is 1. The van der Waals surface area contributed by atoms with Crippen LogP contribution in [0.4, 0.5) is 17.3 Å². The number of anilines is 3. The van der Waals surface area contributed by atoms with Crippen molar-refractivity contribution in [1.82, 2.24) is 19.9 Å². The van der Waals surface area contributed by atoms with Crippen LogP contribution in [0.3, 0.4) is 0 Å². The third kappa shape index (κ3) is 5.34. The largest absolute Gasteiger partial charge is 0.397 e. The molecule has 0 spiro atoms. The first kappa shape index (κ1) is 22.7. The maximum absolute atomic E-state index is 12.9. The van der Waals surface area contributed by atoms with Gasteiger partial charge < -0.3 is 16.4 Å². The van der Waals surface area contributed by atoms with E-state index in [9.17, 15) is 4.79 Å². The number of hydrogen-bond acceptors (Lipinski definition) is 7. The molecule has 2 aromatic carbocycles. The second-order valence-corrected chi connectivity index (χ2v) is 8.05. The molecule has 0 atom stereocenters. The van der Waals surface area contributed by atoms with E-state index < -0.39 is 0 Å². The fourth-order valence-corrected chi connectivity index (χ4v) is 3.66. The Morgan fingerprint density at radius 1 is 0.806 bits per heavy atom. The second kappa shape index (κ2) is 10.4. The molecule has 0 aliphatic carbocycles. The van der Waals surface area contributed by atoms with Crippen LogP contribution in [-0.2, 0) is 6.54 Å². The number of nitrogens with two attached hydrogens (primary N) is 1. The van der Waals surface area contributed by atoms with Gasteiger partial charge in [0.2, 0.25) is 5.95 Å². The molecule has 3 heterocycles. The molecule has 36 heavy (non-hydrogen) atoms. The van der Waals surface area contributed by atoms with Crippen LogP contribution in [0.25, 0.3) is 22.4 Å². The van der Waals surface area contributed by atoms with Crippen molar-refractivity contribution < 1.29 is 4.79 Å². The molecule has 5 aromatic rings. The van der Waals surface area contributed by atoms with Gasteiger partial charge in [-0.1, -0.05) is 18.2 Å². The number of pyridine rings is 2. The summed E-state index contributed by atoms with van der Waals surface area (Å²) < 4.78 is 0. The van der Waals surface area contributed by atoms with Gasteiger partial charge in [0.1, 0.15) is 0 Å². The van der Waals surface area contributed by atoms with Crippen LogP contribution in [-0.4, -0.2) is 25.8 Å². The Morgan fingerprint density at radius 2 is 1.64 bits per heavy atom. The maximum Gasteiger partial charge on any atom is 0.255 e.